The number of hydrogen-bond donors (Lipinski definition) is 3. The fourth-order valence-electron chi connectivity index (χ4n) is 11.9. The second kappa shape index (κ2) is 13.3. The first-order valence-electron chi connectivity index (χ1n) is 19.9. The van der Waals surface area contributed by atoms with E-state index in [9.17, 15) is 14.0 Å². The molecule has 4 aliphatic carbocycles. The highest BCUT2D eigenvalue weighted by molar-refractivity contribution is 5.97. The number of rotatable bonds is 9. The number of aryl methyl sites for hydroxylation is 1. The number of nitrogens with one attached hydrogen (secondary N) is 3. The Kier molecular flexibility index (Phi) is 8.70. The van der Waals surface area contributed by atoms with Crippen LogP contribution in [0.1, 0.15) is 114 Å². The summed E-state index contributed by atoms with van der Waals surface area (Å²) >= 11 is 0. The van der Waals surface area contributed by atoms with E-state index >= 15 is 0 Å². The minimum Gasteiger partial charge on any atom is -0.385 e. The van der Waals surface area contributed by atoms with Crippen molar-refractivity contribution in [2.75, 3.05) is 23.8 Å². The van der Waals surface area contributed by atoms with Crippen molar-refractivity contribution in [3.05, 3.63) is 76.0 Å². The largest absolute Gasteiger partial charge is 0.385 e. The van der Waals surface area contributed by atoms with Crippen LogP contribution in [-0.2, 0) is 16.6 Å². The zero-order chi connectivity index (χ0) is 36.5. The van der Waals surface area contributed by atoms with Gasteiger partial charge >= 0.3 is 0 Å². The van der Waals surface area contributed by atoms with Crippen molar-refractivity contribution >= 4 is 27.9 Å². The number of H-pyrrole nitrogens is 1. The van der Waals surface area contributed by atoms with E-state index in [-0.39, 0.29) is 22.8 Å². The van der Waals surface area contributed by atoms with Crippen LogP contribution in [-0.4, -0.2) is 50.0 Å². The minimum absolute atomic E-state index is 0.258. The zero-order valence-electron chi connectivity index (χ0n) is 31.2. The zero-order valence-corrected chi connectivity index (χ0v) is 31.2. The van der Waals surface area contributed by atoms with Gasteiger partial charge in [-0.3, -0.25) is 14.3 Å². The average Bonchev–Trinajstić information content (AvgIpc) is 3.73. The smallest absolute Gasteiger partial charge is 0.272 e. The third kappa shape index (κ3) is 5.79. The molecule has 11 heteroatoms. The molecule has 3 heterocycles. The van der Waals surface area contributed by atoms with Crippen LogP contribution >= 0.6 is 0 Å². The number of carbonyl (C=O) groups is 1. The van der Waals surface area contributed by atoms with Crippen LogP contribution in [0.2, 0.25) is 0 Å². The number of hydrogen-bond acceptors (Lipinski definition) is 8. The topological polar surface area (TPSA) is 127 Å². The lowest BCUT2D eigenvalue weighted by molar-refractivity contribution is -0.145. The summed E-state index contributed by atoms with van der Waals surface area (Å²) in [6, 6.07) is 10.7. The molecule has 4 saturated carbocycles. The van der Waals surface area contributed by atoms with Crippen LogP contribution in [0.15, 0.2) is 47.5 Å². The van der Waals surface area contributed by atoms with E-state index in [2.05, 4.69) is 69.0 Å². The van der Waals surface area contributed by atoms with Gasteiger partial charge in [-0.15, -0.1) is 0 Å². The lowest BCUT2D eigenvalue weighted by Gasteiger charge is -2.60. The van der Waals surface area contributed by atoms with Crippen LogP contribution in [0.25, 0.3) is 10.8 Å². The number of anilines is 2. The molecular formula is C42H52FN7O3. The molecular weight excluding hydrogens is 670 g/mol. The fourth-order valence-corrected chi connectivity index (χ4v) is 11.9. The second-order valence-corrected chi connectivity index (χ2v) is 17.3. The van der Waals surface area contributed by atoms with Crippen molar-refractivity contribution in [1.29, 1.82) is 0 Å². The highest BCUT2D eigenvalue weighted by Gasteiger charge is 2.60. The van der Waals surface area contributed by atoms with Gasteiger partial charge in [-0.05, 0) is 122 Å². The normalized spacial score (nSPS) is 33.2. The maximum Gasteiger partial charge on any atom is 0.272 e. The number of unbranched alkanes of at least 4 members (excludes halogenated alkanes) is 1. The molecule has 280 valence electrons. The molecule has 10 nitrogen and oxygen atoms in total. The highest BCUT2D eigenvalue weighted by atomic mass is 19.1. The van der Waals surface area contributed by atoms with Gasteiger partial charge in [-0.2, -0.15) is 10.2 Å². The molecule has 0 saturated heterocycles. The third-order valence-corrected chi connectivity index (χ3v) is 14.7. The quantitative estimate of drug-likeness (QED) is 0.150. The third-order valence-electron chi connectivity index (χ3n) is 14.7. The summed E-state index contributed by atoms with van der Waals surface area (Å²) in [4.78, 5) is 29.5. The van der Waals surface area contributed by atoms with Gasteiger partial charge in [0.05, 0.1) is 29.1 Å². The maximum absolute atomic E-state index is 14.7. The number of Topliss-reactive ketones (excluding diaryl/α,β-unsaturated/α-hetero) is 1. The number of carbonyl (C=O) groups excluding carboxylic acids is 1. The Hall–Kier alpha value is -4.12. The Morgan fingerprint density at radius 3 is 2.64 bits per heavy atom. The molecule has 4 aromatic rings. The van der Waals surface area contributed by atoms with Crippen LogP contribution in [0, 0.1) is 40.3 Å². The van der Waals surface area contributed by atoms with Gasteiger partial charge in [0.15, 0.2) is 0 Å². The molecule has 0 spiro atoms. The van der Waals surface area contributed by atoms with Crippen molar-refractivity contribution in [2.24, 2.45) is 41.5 Å². The molecule has 1 aliphatic heterocycles. The molecule has 4 fully saturated rings. The van der Waals surface area contributed by atoms with Gasteiger partial charge in [0.25, 0.3) is 5.56 Å². The number of fused-ring (bicyclic) bond motifs is 5. The summed E-state index contributed by atoms with van der Waals surface area (Å²) in [5, 5.41) is 19.3. The predicted molar refractivity (Wildman–Crippen MR) is 202 cm³/mol. The van der Waals surface area contributed by atoms with Crippen molar-refractivity contribution in [2.45, 2.75) is 103 Å². The number of nitrogens with zero attached hydrogens (tertiary/aromatic N) is 4. The highest BCUT2D eigenvalue weighted by Crippen LogP contribution is 2.66. The van der Waals surface area contributed by atoms with Gasteiger partial charge in [0.1, 0.15) is 23.8 Å². The number of ether oxygens (including phenoxy) is 1. The predicted octanol–water partition coefficient (Wildman–Crippen LogP) is 7.68. The van der Waals surface area contributed by atoms with E-state index in [1.165, 1.54) is 57.0 Å². The Balaban J connectivity index is 0.800. The Morgan fingerprint density at radius 1 is 1.00 bits per heavy atom. The minimum atomic E-state index is -0.483. The molecule has 0 bridgehead atoms. The second-order valence-electron chi connectivity index (χ2n) is 17.3. The van der Waals surface area contributed by atoms with Crippen molar-refractivity contribution < 1.29 is 13.9 Å². The van der Waals surface area contributed by atoms with Gasteiger partial charge in [-0.25, -0.2) is 14.5 Å². The van der Waals surface area contributed by atoms with Crippen molar-refractivity contribution in [3.8, 4) is 0 Å². The van der Waals surface area contributed by atoms with E-state index < -0.39 is 11.4 Å². The molecule has 2 aromatic heterocycles. The van der Waals surface area contributed by atoms with Crippen LogP contribution in [0.3, 0.4) is 0 Å². The summed E-state index contributed by atoms with van der Waals surface area (Å²) in [7, 11) is 1.84. The van der Waals surface area contributed by atoms with Crippen molar-refractivity contribution in [1.82, 2.24) is 25.0 Å². The molecule has 9 rings (SSSR count). The average molecular weight is 722 g/mol. The standard InChI is InChI=1S/C42H52FN7O3/c1-41-16-14-28(51)20-25(41)8-11-29-31-12-13-34(42(31,2)17-15-32(29)41)53-19-5-4-18-44-27-9-6-24(7-10-27)37-36(39-45-23-46-50(39)3)38-35-30(40(52)49-48-38)21-26(43)22-33(35)47-37/h6-7,9-10,21-23,25,29,31-32,34,36-37,44,47H,4-5,8,11-20H2,1-3H3,(H,49,52)/t25-,29-,31-,32-,34-,36+,37?,41-,42-/m0/s1. The van der Waals surface area contributed by atoms with Crippen LogP contribution in [0.5, 0.6) is 0 Å². The molecule has 9 atom stereocenters. The monoisotopic (exact) mass is 721 g/mol. The lowest BCUT2D eigenvalue weighted by atomic mass is 9.45. The van der Waals surface area contributed by atoms with Gasteiger partial charge < -0.3 is 15.4 Å². The van der Waals surface area contributed by atoms with E-state index in [0.717, 1.165) is 74.3 Å². The molecule has 53 heavy (non-hydrogen) atoms. The van der Waals surface area contributed by atoms with E-state index in [4.69, 9.17) is 4.74 Å². The number of aromatic amines is 1. The molecule has 0 amide bonds. The number of halogens is 1. The number of benzene rings is 2. The Morgan fingerprint density at radius 2 is 1.83 bits per heavy atom. The van der Waals surface area contributed by atoms with E-state index in [1.807, 2.05) is 7.05 Å². The van der Waals surface area contributed by atoms with Crippen LogP contribution < -0.4 is 16.2 Å². The van der Waals surface area contributed by atoms with E-state index in [0.29, 0.717) is 45.8 Å². The first kappa shape index (κ1) is 34.6. The van der Waals surface area contributed by atoms with Gasteiger partial charge in [0, 0.05) is 49.8 Å². The summed E-state index contributed by atoms with van der Waals surface area (Å²) in [6.07, 6.45) is 14.2. The van der Waals surface area contributed by atoms with Crippen molar-refractivity contribution in [3.63, 3.8) is 0 Å². The molecule has 0 radical (unpaired) electrons. The first-order valence-corrected chi connectivity index (χ1v) is 19.9. The Labute approximate surface area is 310 Å². The number of ketones is 1. The summed E-state index contributed by atoms with van der Waals surface area (Å²) in [5.74, 6) is 3.29. The first-order chi connectivity index (χ1) is 25.6. The summed E-state index contributed by atoms with van der Waals surface area (Å²) in [5.41, 5.74) is 3.40. The summed E-state index contributed by atoms with van der Waals surface area (Å²) in [6.45, 7) is 6.72. The fraction of sp³-hybridized carbons (Fsp3) is 0.595. The van der Waals surface area contributed by atoms with Gasteiger partial charge in [-0.1, -0.05) is 26.0 Å². The molecule has 1 unspecified atom stereocenters. The lowest BCUT2D eigenvalue weighted by Crippen LogP contribution is -2.54. The molecule has 2 aromatic carbocycles. The molecule has 3 N–H and O–H groups in total. The van der Waals surface area contributed by atoms with E-state index in [1.54, 1.807) is 4.68 Å². The van der Waals surface area contributed by atoms with Crippen LogP contribution in [0.4, 0.5) is 15.8 Å². The SMILES string of the molecule is Cn1ncnc1[C@H]1c2n[nH]c(=O)c3cc(F)cc(c23)NC1c1ccc(NCCCCO[C@H]2CC[C@H]3[C@@H]4CC[C@H]5CC(=O)CC[C@]5(C)[C@H]4CC[C@]23C)cc1. The summed E-state index contributed by atoms with van der Waals surface area (Å²) < 4.78 is 23.1. The molecule has 5 aliphatic rings. The Bertz CT molecular complexity index is 2080. The van der Waals surface area contributed by atoms with Gasteiger partial charge in [0.2, 0.25) is 0 Å². The maximum atomic E-state index is 14.7. The number of aromatic nitrogens is 5.